The first-order valence-corrected chi connectivity index (χ1v) is 9.59. The molecule has 2 aliphatic rings. The lowest BCUT2D eigenvalue weighted by atomic mass is 10.0. The molecule has 0 bridgehead atoms. The number of hydrogen-bond donors (Lipinski definition) is 2. The molecule has 2 saturated heterocycles. The van der Waals surface area contributed by atoms with E-state index in [9.17, 15) is 19.5 Å². The molecule has 146 valence electrons. The van der Waals surface area contributed by atoms with Gasteiger partial charge in [-0.25, -0.2) is 4.79 Å². The molecule has 2 N–H and O–H groups in total. The van der Waals surface area contributed by atoms with Gasteiger partial charge >= 0.3 is 5.97 Å². The highest BCUT2D eigenvalue weighted by atomic mass is 16.4. The third-order valence-electron chi connectivity index (χ3n) is 5.59. The molecule has 2 heterocycles. The Labute approximate surface area is 159 Å². The normalized spacial score (nSPS) is 24.2. The summed E-state index contributed by atoms with van der Waals surface area (Å²) in [5.74, 6) is -2.01. The number of amides is 2. The molecule has 27 heavy (non-hydrogen) atoms. The number of likely N-dealkylation sites (tertiary alicyclic amines) is 2. The maximum Gasteiger partial charge on any atom is 0.330 e. The molecule has 7 nitrogen and oxygen atoms in total. The number of carboxylic acids is 1. The summed E-state index contributed by atoms with van der Waals surface area (Å²) >= 11 is 0. The fourth-order valence-electron chi connectivity index (χ4n) is 4.09. The van der Waals surface area contributed by atoms with E-state index < -0.39 is 17.9 Å². The number of nitrogens with zero attached hydrogens (tertiary/aromatic N) is 2. The molecule has 0 spiro atoms. The average molecular weight is 373 g/mol. The Balaban J connectivity index is 1.60. The summed E-state index contributed by atoms with van der Waals surface area (Å²) in [6.45, 7) is 5.16. The lowest BCUT2D eigenvalue weighted by molar-refractivity contribution is -0.142. The van der Waals surface area contributed by atoms with E-state index >= 15 is 0 Å². The van der Waals surface area contributed by atoms with Crippen molar-refractivity contribution in [3.63, 3.8) is 0 Å². The fraction of sp³-hybridized carbons (Fsp3) is 0.550. The monoisotopic (exact) mass is 373 g/mol. The van der Waals surface area contributed by atoms with Crippen molar-refractivity contribution in [2.45, 2.75) is 38.3 Å². The van der Waals surface area contributed by atoms with E-state index in [1.54, 1.807) is 35.2 Å². The van der Waals surface area contributed by atoms with Crippen molar-refractivity contribution >= 4 is 17.8 Å². The van der Waals surface area contributed by atoms with Crippen LogP contribution in [0.15, 0.2) is 30.3 Å². The van der Waals surface area contributed by atoms with Crippen LogP contribution in [0.1, 0.15) is 37.8 Å². The third kappa shape index (κ3) is 4.47. The van der Waals surface area contributed by atoms with Crippen LogP contribution in [0.4, 0.5) is 0 Å². The van der Waals surface area contributed by atoms with E-state index in [0.29, 0.717) is 24.7 Å². The predicted octanol–water partition coefficient (Wildman–Crippen LogP) is 1.26. The van der Waals surface area contributed by atoms with Crippen LogP contribution < -0.4 is 5.32 Å². The van der Waals surface area contributed by atoms with Crippen molar-refractivity contribution < 1.29 is 19.5 Å². The predicted molar refractivity (Wildman–Crippen MR) is 99.9 cm³/mol. The first kappa shape index (κ1) is 19.4. The highest BCUT2D eigenvalue weighted by molar-refractivity contribution is 5.91. The maximum absolute atomic E-state index is 12.6. The molecule has 3 rings (SSSR count). The molecular weight excluding hydrogens is 346 g/mol. The largest absolute Gasteiger partial charge is 0.479 e. The third-order valence-corrected chi connectivity index (χ3v) is 5.59. The molecule has 0 saturated carbocycles. The molecule has 1 aromatic rings. The van der Waals surface area contributed by atoms with Gasteiger partial charge in [-0.05, 0) is 31.5 Å². The van der Waals surface area contributed by atoms with E-state index in [-0.39, 0.29) is 18.2 Å². The summed E-state index contributed by atoms with van der Waals surface area (Å²) < 4.78 is 0. The second-order valence-electron chi connectivity index (χ2n) is 7.31. The van der Waals surface area contributed by atoms with Gasteiger partial charge in [-0.15, -0.1) is 0 Å². The van der Waals surface area contributed by atoms with Gasteiger partial charge in [-0.1, -0.05) is 37.3 Å². The number of nitrogens with one attached hydrogen (secondary N) is 1. The average Bonchev–Trinajstić information content (AvgIpc) is 3.26. The summed E-state index contributed by atoms with van der Waals surface area (Å²) in [5, 5.41) is 12.1. The van der Waals surface area contributed by atoms with Gasteiger partial charge < -0.3 is 15.3 Å². The Morgan fingerprint density at radius 3 is 2.70 bits per heavy atom. The Morgan fingerprint density at radius 1 is 1.30 bits per heavy atom. The molecule has 1 aromatic carbocycles. The van der Waals surface area contributed by atoms with E-state index in [2.05, 4.69) is 17.1 Å². The van der Waals surface area contributed by atoms with Crippen LogP contribution in [0.3, 0.4) is 0 Å². The number of carbonyl (C=O) groups is 3. The summed E-state index contributed by atoms with van der Waals surface area (Å²) in [5.41, 5.74) is 0.518. The Hall–Kier alpha value is -2.41. The van der Waals surface area contributed by atoms with Crippen LogP contribution in [0.2, 0.25) is 0 Å². The van der Waals surface area contributed by atoms with Crippen LogP contribution in [0.25, 0.3) is 0 Å². The van der Waals surface area contributed by atoms with Gasteiger partial charge in [0.25, 0.3) is 0 Å². The van der Waals surface area contributed by atoms with Crippen molar-refractivity contribution in [1.82, 2.24) is 15.1 Å². The minimum absolute atomic E-state index is 0.0234. The van der Waals surface area contributed by atoms with Crippen LogP contribution >= 0.6 is 0 Å². The lowest BCUT2D eigenvalue weighted by Gasteiger charge is -2.27. The maximum atomic E-state index is 12.6. The van der Waals surface area contributed by atoms with Gasteiger partial charge in [0.2, 0.25) is 11.8 Å². The number of carbonyl (C=O) groups excluding carboxylic acids is 2. The zero-order valence-electron chi connectivity index (χ0n) is 15.6. The van der Waals surface area contributed by atoms with Crippen molar-refractivity contribution in [2.75, 3.05) is 26.2 Å². The van der Waals surface area contributed by atoms with E-state index in [1.165, 1.54) is 0 Å². The number of benzene rings is 1. The SMILES string of the molecule is CCN1CCC[C@H]1CN1C[C@H](C(=O)N[C@H](C(=O)O)c2ccccc2)CC1=O. The fourth-order valence-corrected chi connectivity index (χ4v) is 4.09. The Kier molecular flexibility index (Phi) is 6.11. The molecular formula is C20H27N3O4. The molecule has 2 amide bonds. The molecule has 7 heteroatoms. The molecule has 2 aliphatic heterocycles. The molecule has 0 unspecified atom stereocenters. The van der Waals surface area contributed by atoms with Crippen molar-refractivity contribution in [2.24, 2.45) is 5.92 Å². The van der Waals surface area contributed by atoms with Crippen molar-refractivity contribution in [3.8, 4) is 0 Å². The molecule has 0 aromatic heterocycles. The quantitative estimate of drug-likeness (QED) is 0.751. The highest BCUT2D eigenvalue weighted by Crippen LogP contribution is 2.24. The van der Waals surface area contributed by atoms with Crippen LogP contribution in [0.5, 0.6) is 0 Å². The number of likely N-dealkylation sites (N-methyl/N-ethyl adjacent to an activating group) is 1. The van der Waals surface area contributed by atoms with E-state index in [0.717, 1.165) is 25.9 Å². The van der Waals surface area contributed by atoms with Crippen molar-refractivity contribution in [3.05, 3.63) is 35.9 Å². The summed E-state index contributed by atoms with van der Waals surface area (Å²) in [6.07, 6.45) is 2.36. The number of aliphatic carboxylic acids is 1. The van der Waals surface area contributed by atoms with Crippen molar-refractivity contribution in [1.29, 1.82) is 0 Å². The highest BCUT2D eigenvalue weighted by Gasteiger charge is 2.38. The summed E-state index contributed by atoms with van der Waals surface area (Å²) in [7, 11) is 0. The Bertz CT molecular complexity index is 694. The zero-order chi connectivity index (χ0) is 19.4. The van der Waals surface area contributed by atoms with Crippen LogP contribution in [-0.2, 0) is 14.4 Å². The molecule has 3 atom stereocenters. The number of hydrogen-bond acceptors (Lipinski definition) is 4. The second-order valence-corrected chi connectivity index (χ2v) is 7.31. The lowest BCUT2D eigenvalue weighted by Crippen LogP contribution is -2.42. The molecule has 0 radical (unpaired) electrons. The van der Waals surface area contributed by atoms with E-state index in [4.69, 9.17) is 0 Å². The topological polar surface area (TPSA) is 89.9 Å². The summed E-state index contributed by atoms with van der Waals surface area (Å²) in [6, 6.07) is 7.86. The first-order chi connectivity index (χ1) is 13.0. The standard InChI is InChI=1S/C20H27N3O4/c1-2-22-10-6-9-16(22)13-23-12-15(11-17(23)24)19(25)21-18(20(26)27)14-7-4-3-5-8-14/h3-5,7-8,15-16,18H,2,6,9-13H2,1H3,(H,21,25)(H,26,27)/t15-,16+,18+/m1/s1. The Morgan fingerprint density at radius 2 is 2.04 bits per heavy atom. The number of rotatable bonds is 7. The minimum Gasteiger partial charge on any atom is -0.479 e. The number of carboxylic acid groups (broad SMARTS) is 1. The molecule has 2 fully saturated rings. The smallest absolute Gasteiger partial charge is 0.330 e. The minimum atomic E-state index is -1.11. The summed E-state index contributed by atoms with van der Waals surface area (Å²) in [4.78, 5) is 40.7. The van der Waals surface area contributed by atoms with E-state index in [1.807, 2.05) is 0 Å². The second kappa shape index (κ2) is 8.52. The van der Waals surface area contributed by atoms with Gasteiger partial charge in [0, 0.05) is 25.6 Å². The van der Waals surface area contributed by atoms with Crippen LogP contribution in [0, 0.1) is 5.92 Å². The molecule has 0 aliphatic carbocycles. The van der Waals surface area contributed by atoms with Gasteiger partial charge in [-0.3, -0.25) is 14.5 Å². The van der Waals surface area contributed by atoms with Gasteiger partial charge in [0.1, 0.15) is 0 Å². The van der Waals surface area contributed by atoms with Crippen LogP contribution in [-0.4, -0.2) is 64.9 Å². The van der Waals surface area contributed by atoms with Gasteiger partial charge in [-0.2, -0.15) is 0 Å². The van der Waals surface area contributed by atoms with Gasteiger partial charge in [0.15, 0.2) is 6.04 Å². The van der Waals surface area contributed by atoms with Gasteiger partial charge in [0.05, 0.1) is 5.92 Å². The first-order valence-electron chi connectivity index (χ1n) is 9.59. The zero-order valence-corrected chi connectivity index (χ0v) is 15.6.